The fraction of sp³-hybridized carbons (Fsp3) is 0.500. The molecule has 0 aliphatic heterocycles. The monoisotopic (exact) mass is 326 g/mol. The second kappa shape index (κ2) is 6.97. The topological polar surface area (TPSA) is 106 Å². The van der Waals surface area contributed by atoms with Crippen LogP contribution in [0.3, 0.4) is 0 Å². The minimum atomic E-state index is -3.83. The number of hydrogen-bond acceptors (Lipinski definition) is 5. The van der Waals surface area contributed by atoms with Gasteiger partial charge in [-0.15, -0.1) is 0 Å². The van der Waals surface area contributed by atoms with Crippen LogP contribution in [0.2, 0.25) is 0 Å². The Balaban J connectivity index is 1.98. The number of sulfonamides is 1. The lowest BCUT2D eigenvalue weighted by atomic mass is 9.86. The van der Waals surface area contributed by atoms with Crippen LogP contribution in [0.5, 0.6) is 0 Å². The maximum atomic E-state index is 12.1. The molecule has 0 heterocycles. The van der Waals surface area contributed by atoms with Gasteiger partial charge in [-0.3, -0.25) is 14.9 Å². The molecule has 0 atom stereocenters. The summed E-state index contributed by atoms with van der Waals surface area (Å²) in [4.78, 5) is 21.9. The summed E-state index contributed by atoms with van der Waals surface area (Å²) in [6.07, 6.45) is 4.77. The van der Waals surface area contributed by atoms with Gasteiger partial charge in [0, 0.05) is 18.1 Å². The maximum Gasteiger partial charge on any atom is 0.269 e. The lowest BCUT2D eigenvalue weighted by molar-refractivity contribution is -0.384. The molecule has 1 aliphatic carbocycles. The molecule has 0 bridgehead atoms. The zero-order valence-electron chi connectivity index (χ0n) is 12.0. The number of hydrogen-bond donors (Lipinski definition) is 1. The van der Waals surface area contributed by atoms with E-state index in [0.717, 1.165) is 56.4 Å². The van der Waals surface area contributed by atoms with E-state index in [2.05, 4.69) is 4.72 Å². The van der Waals surface area contributed by atoms with E-state index < -0.39 is 14.9 Å². The Morgan fingerprint density at radius 1 is 1.18 bits per heavy atom. The predicted molar refractivity (Wildman–Crippen MR) is 79.9 cm³/mol. The van der Waals surface area contributed by atoms with Crippen molar-refractivity contribution in [2.24, 2.45) is 5.92 Å². The van der Waals surface area contributed by atoms with Crippen molar-refractivity contribution < 1.29 is 18.1 Å². The Labute approximate surface area is 128 Å². The van der Waals surface area contributed by atoms with Crippen LogP contribution in [0.4, 0.5) is 5.69 Å². The molecule has 7 nitrogen and oxygen atoms in total. The maximum absolute atomic E-state index is 12.1. The number of carbonyl (C=O) groups is 1. The molecular formula is C14H18N2O5S. The standard InChI is InChI=1S/C14H18N2O5S/c17-14(11-4-2-1-3-5-11)10-15-22(20,21)13-8-6-12(7-9-13)16(18)19/h6-9,11,15H,1-5,10H2. The van der Waals surface area contributed by atoms with Crippen LogP contribution >= 0.6 is 0 Å². The van der Waals surface area contributed by atoms with Crippen molar-refractivity contribution in [1.82, 2.24) is 4.72 Å². The molecule has 22 heavy (non-hydrogen) atoms. The van der Waals surface area contributed by atoms with Crippen LogP contribution < -0.4 is 4.72 Å². The van der Waals surface area contributed by atoms with Gasteiger partial charge in [0.25, 0.3) is 5.69 Å². The average Bonchev–Trinajstić information content (AvgIpc) is 2.53. The smallest absolute Gasteiger partial charge is 0.269 e. The van der Waals surface area contributed by atoms with E-state index in [1.54, 1.807) is 0 Å². The third-order valence-electron chi connectivity index (χ3n) is 3.85. The molecular weight excluding hydrogens is 308 g/mol. The quantitative estimate of drug-likeness (QED) is 0.636. The van der Waals surface area contributed by atoms with Crippen LogP contribution in [-0.4, -0.2) is 25.7 Å². The first kappa shape index (κ1) is 16.6. The summed E-state index contributed by atoms with van der Waals surface area (Å²) in [6, 6.07) is 4.56. The molecule has 0 radical (unpaired) electrons. The largest absolute Gasteiger partial charge is 0.298 e. The molecule has 1 aromatic rings. The van der Waals surface area contributed by atoms with E-state index in [1.165, 1.54) is 0 Å². The van der Waals surface area contributed by atoms with Gasteiger partial charge < -0.3 is 0 Å². The van der Waals surface area contributed by atoms with Gasteiger partial charge in [0.1, 0.15) is 0 Å². The Morgan fingerprint density at radius 3 is 2.32 bits per heavy atom. The zero-order chi connectivity index (χ0) is 16.2. The van der Waals surface area contributed by atoms with Gasteiger partial charge in [-0.1, -0.05) is 19.3 Å². The lowest BCUT2D eigenvalue weighted by Crippen LogP contribution is -2.33. The summed E-state index contributed by atoms with van der Waals surface area (Å²) in [5.41, 5.74) is -0.183. The number of carbonyl (C=O) groups excluding carboxylic acids is 1. The first-order valence-electron chi connectivity index (χ1n) is 7.17. The molecule has 0 spiro atoms. The number of nitrogens with one attached hydrogen (secondary N) is 1. The first-order valence-corrected chi connectivity index (χ1v) is 8.65. The third kappa shape index (κ3) is 4.11. The van der Waals surface area contributed by atoms with Crippen LogP contribution in [0.1, 0.15) is 32.1 Å². The lowest BCUT2D eigenvalue weighted by Gasteiger charge is -2.20. The Morgan fingerprint density at radius 2 is 1.77 bits per heavy atom. The van der Waals surface area contributed by atoms with Crippen molar-refractivity contribution in [2.45, 2.75) is 37.0 Å². The van der Waals surface area contributed by atoms with Crippen molar-refractivity contribution in [1.29, 1.82) is 0 Å². The van der Waals surface area contributed by atoms with Gasteiger partial charge in [0.05, 0.1) is 16.4 Å². The number of non-ortho nitro benzene ring substituents is 1. The minimum Gasteiger partial charge on any atom is -0.298 e. The molecule has 1 fully saturated rings. The zero-order valence-corrected chi connectivity index (χ0v) is 12.8. The van der Waals surface area contributed by atoms with E-state index in [1.807, 2.05) is 0 Å². The number of rotatable bonds is 6. The summed E-state index contributed by atoms with van der Waals surface area (Å²) in [6.45, 7) is -0.232. The highest BCUT2D eigenvalue weighted by Crippen LogP contribution is 2.24. The van der Waals surface area contributed by atoms with Crippen LogP contribution in [0.25, 0.3) is 0 Å². The van der Waals surface area contributed by atoms with Crippen LogP contribution in [0, 0.1) is 16.0 Å². The van der Waals surface area contributed by atoms with Crippen molar-refractivity contribution >= 4 is 21.5 Å². The van der Waals surface area contributed by atoms with Gasteiger partial charge in [-0.05, 0) is 25.0 Å². The van der Waals surface area contributed by atoms with Crippen molar-refractivity contribution in [2.75, 3.05) is 6.54 Å². The molecule has 1 aliphatic rings. The Hall–Kier alpha value is -1.80. The number of ketones is 1. The summed E-state index contributed by atoms with van der Waals surface area (Å²) in [5.74, 6) is -0.154. The average molecular weight is 326 g/mol. The second-order valence-corrected chi connectivity index (χ2v) is 7.14. The van der Waals surface area contributed by atoms with Gasteiger partial charge in [-0.25, -0.2) is 13.1 Å². The highest BCUT2D eigenvalue weighted by molar-refractivity contribution is 7.89. The SMILES string of the molecule is O=C(CNS(=O)(=O)c1ccc([N+](=O)[O-])cc1)C1CCCCC1. The normalized spacial score (nSPS) is 16.4. The summed E-state index contributed by atoms with van der Waals surface area (Å²) >= 11 is 0. The van der Waals surface area contributed by atoms with Gasteiger partial charge in [0.2, 0.25) is 10.0 Å². The Kier molecular flexibility index (Phi) is 5.25. The Bertz CT molecular complexity index is 648. The summed E-state index contributed by atoms with van der Waals surface area (Å²) in [5, 5.41) is 10.5. The van der Waals surface area contributed by atoms with E-state index in [9.17, 15) is 23.3 Å². The van der Waals surface area contributed by atoms with E-state index in [-0.39, 0.29) is 28.8 Å². The third-order valence-corrected chi connectivity index (χ3v) is 5.27. The van der Waals surface area contributed by atoms with Crippen molar-refractivity contribution in [3.8, 4) is 0 Å². The number of nitro groups is 1. The molecule has 8 heteroatoms. The van der Waals surface area contributed by atoms with E-state index in [0.29, 0.717) is 0 Å². The summed E-state index contributed by atoms with van der Waals surface area (Å²) in [7, 11) is -3.83. The molecule has 1 aromatic carbocycles. The number of nitrogens with zero attached hydrogens (tertiary/aromatic N) is 1. The molecule has 0 aromatic heterocycles. The van der Waals surface area contributed by atoms with Crippen LogP contribution in [-0.2, 0) is 14.8 Å². The van der Waals surface area contributed by atoms with Crippen molar-refractivity contribution in [3.63, 3.8) is 0 Å². The van der Waals surface area contributed by atoms with Gasteiger partial charge >= 0.3 is 0 Å². The molecule has 0 saturated heterocycles. The van der Waals surface area contributed by atoms with E-state index >= 15 is 0 Å². The highest BCUT2D eigenvalue weighted by Gasteiger charge is 2.23. The predicted octanol–water partition coefficient (Wildman–Crippen LogP) is 2.02. The molecule has 1 N–H and O–H groups in total. The number of Topliss-reactive ketones (excluding diaryl/α,β-unsaturated/α-hetero) is 1. The fourth-order valence-corrected chi connectivity index (χ4v) is 3.56. The molecule has 1 saturated carbocycles. The fourth-order valence-electron chi connectivity index (χ4n) is 2.57. The van der Waals surface area contributed by atoms with Crippen LogP contribution in [0.15, 0.2) is 29.2 Å². The minimum absolute atomic E-state index is 0.0617. The first-order chi connectivity index (χ1) is 10.4. The number of nitro benzene ring substituents is 1. The summed E-state index contributed by atoms with van der Waals surface area (Å²) < 4.78 is 26.4. The number of benzene rings is 1. The van der Waals surface area contributed by atoms with Crippen molar-refractivity contribution in [3.05, 3.63) is 34.4 Å². The van der Waals surface area contributed by atoms with Gasteiger partial charge in [0.15, 0.2) is 5.78 Å². The molecule has 120 valence electrons. The van der Waals surface area contributed by atoms with Gasteiger partial charge in [-0.2, -0.15) is 0 Å². The highest BCUT2D eigenvalue weighted by atomic mass is 32.2. The molecule has 0 unspecified atom stereocenters. The molecule has 0 amide bonds. The second-order valence-electron chi connectivity index (χ2n) is 5.38. The molecule has 2 rings (SSSR count). The van der Waals surface area contributed by atoms with E-state index in [4.69, 9.17) is 0 Å².